The molecule has 0 aromatic heterocycles. The summed E-state index contributed by atoms with van der Waals surface area (Å²) in [4.78, 5) is 48.6. The van der Waals surface area contributed by atoms with Crippen molar-refractivity contribution in [1.82, 2.24) is 10.2 Å². The van der Waals surface area contributed by atoms with Gasteiger partial charge in [0.05, 0.1) is 12.0 Å². The number of nitrogens with one attached hydrogen (secondary N) is 1. The van der Waals surface area contributed by atoms with E-state index in [4.69, 9.17) is 9.47 Å². The molecule has 30 heavy (non-hydrogen) atoms. The fourth-order valence-corrected chi connectivity index (χ4v) is 2.52. The van der Waals surface area contributed by atoms with Crippen molar-refractivity contribution in [2.75, 3.05) is 27.7 Å². The van der Waals surface area contributed by atoms with E-state index in [1.807, 2.05) is 0 Å². The molecule has 0 saturated heterocycles. The zero-order valence-corrected chi connectivity index (χ0v) is 16.7. The molecule has 1 atom stereocenters. The number of carbonyl (C=O) groups is 3. The first-order chi connectivity index (χ1) is 14.2. The van der Waals surface area contributed by atoms with Crippen LogP contribution in [0.2, 0.25) is 0 Å². The van der Waals surface area contributed by atoms with E-state index in [2.05, 4.69) is 5.32 Å². The summed E-state index contributed by atoms with van der Waals surface area (Å²) in [5.74, 6) is -1.99. The number of esters is 1. The third-order valence-electron chi connectivity index (χ3n) is 4.05. The molecule has 10 heteroatoms. The third-order valence-corrected chi connectivity index (χ3v) is 4.05. The molecule has 0 heterocycles. The third kappa shape index (κ3) is 5.53. The van der Waals surface area contributed by atoms with Crippen LogP contribution in [0.1, 0.15) is 22.0 Å². The number of rotatable bonds is 8. The summed E-state index contributed by atoms with van der Waals surface area (Å²) in [6.45, 7) is -0.525. The number of hydrogen-bond acceptors (Lipinski definition) is 7. The van der Waals surface area contributed by atoms with E-state index in [1.165, 1.54) is 38.2 Å². The molecule has 2 rings (SSSR count). The van der Waals surface area contributed by atoms with E-state index in [0.29, 0.717) is 5.56 Å². The first kappa shape index (κ1) is 22.3. The van der Waals surface area contributed by atoms with Crippen LogP contribution in [0.4, 0.5) is 5.69 Å². The van der Waals surface area contributed by atoms with Crippen molar-refractivity contribution in [2.24, 2.45) is 0 Å². The lowest BCUT2D eigenvalue weighted by Gasteiger charge is -2.21. The van der Waals surface area contributed by atoms with E-state index in [-0.39, 0.29) is 17.0 Å². The van der Waals surface area contributed by atoms with Crippen LogP contribution < -0.4 is 10.1 Å². The molecule has 0 radical (unpaired) electrons. The Morgan fingerprint density at radius 2 is 1.80 bits per heavy atom. The molecule has 0 aliphatic heterocycles. The smallest absolute Gasteiger partial charge is 0.326 e. The van der Waals surface area contributed by atoms with Crippen LogP contribution in [0.15, 0.2) is 48.5 Å². The van der Waals surface area contributed by atoms with Gasteiger partial charge in [-0.2, -0.15) is 0 Å². The number of nitro benzene ring substituents is 1. The zero-order valence-electron chi connectivity index (χ0n) is 16.7. The number of benzene rings is 2. The highest BCUT2D eigenvalue weighted by atomic mass is 16.6. The van der Waals surface area contributed by atoms with Crippen LogP contribution in [-0.4, -0.2) is 55.4 Å². The van der Waals surface area contributed by atoms with Gasteiger partial charge in [0.25, 0.3) is 11.8 Å². The van der Waals surface area contributed by atoms with Crippen molar-refractivity contribution < 1.29 is 28.8 Å². The number of ether oxygens (including phenoxy) is 2. The van der Waals surface area contributed by atoms with Gasteiger partial charge in [0, 0.05) is 31.3 Å². The van der Waals surface area contributed by atoms with Crippen LogP contribution >= 0.6 is 0 Å². The monoisotopic (exact) mass is 415 g/mol. The summed E-state index contributed by atoms with van der Waals surface area (Å²) >= 11 is 0. The van der Waals surface area contributed by atoms with Gasteiger partial charge in [0.15, 0.2) is 5.75 Å². The molecular formula is C20H21N3O7. The van der Waals surface area contributed by atoms with Crippen molar-refractivity contribution in [2.45, 2.75) is 6.10 Å². The Hall–Kier alpha value is -3.95. The number of carbonyl (C=O) groups excluding carboxylic acids is 3. The first-order valence-corrected chi connectivity index (χ1v) is 8.80. The highest BCUT2D eigenvalue weighted by Gasteiger charge is 2.26. The Balaban J connectivity index is 2.07. The number of likely N-dealkylation sites (N-methyl/N-ethyl adjacent to an activating group) is 1. The van der Waals surface area contributed by atoms with Crippen molar-refractivity contribution >= 4 is 23.5 Å². The standard InChI is InChI=1S/C20H21N3O7/c1-22(2)20(26)18(13-7-5-4-6-8-13)30-17(24)12-21-19(25)14-9-10-16(29-3)15(11-14)23(27)28/h4-11,18H,12H2,1-3H3,(H,21,25)/t18-/m1/s1. The van der Waals surface area contributed by atoms with Gasteiger partial charge in [-0.25, -0.2) is 0 Å². The lowest BCUT2D eigenvalue weighted by molar-refractivity contribution is -0.385. The molecule has 2 amide bonds. The summed E-state index contributed by atoms with van der Waals surface area (Å²) in [6.07, 6.45) is -1.16. The summed E-state index contributed by atoms with van der Waals surface area (Å²) in [5.41, 5.74) is 0.0781. The molecule has 1 N–H and O–H groups in total. The summed E-state index contributed by atoms with van der Waals surface area (Å²) in [5, 5.41) is 13.4. The molecule has 10 nitrogen and oxygen atoms in total. The Morgan fingerprint density at radius 3 is 2.37 bits per heavy atom. The van der Waals surface area contributed by atoms with Crippen LogP contribution in [0.5, 0.6) is 5.75 Å². The quantitative estimate of drug-likeness (QED) is 0.395. The largest absolute Gasteiger partial charge is 0.490 e. The molecule has 0 unspecified atom stereocenters. The van der Waals surface area contributed by atoms with Crippen molar-refractivity contribution in [3.63, 3.8) is 0 Å². The summed E-state index contributed by atoms with van der Waals surface area (Å²) in [6, 6.07) is 12.1. The Kier molecular flexibility index (Phi) is 7.45. The van der Waals surface area contributed by atoms with Gasteiger partial charge in [-0.15, -0.1) is 0 Å². The summed E-state index contributed by atoms with van der Waals surface area (Å²) in [7, 11) is 4.34. The minimum Gasteiger partial charge on any atom is -0.490 e. The van der Waals surface area contributed by atoms with Gasteiger partial charge in [-0.3, -0.25) is 24.5 Å². The molecule has 158 valence electrons. The number of methoxy groups -OCH3 is 1. The van der Waals surface area contributed by atoms with E-state index in [1.54, 1.807) is 30.3 Å². The van der Waals surface area contributed by atoms with Crippen LogP contribution in [0, 0.1) is 10.1 Å². The molecule has 0 fully saturated rings. The van der Waals surface area contributed by atoms with E-state index in [0.717, 1.165) is 6.07 Å². The lowest BCUT2D eigenvalue weighted by atomic mass is 10.1. The number of amides is 2. The Morgan fingerprint density at radius 1 is 1.13 bits per heavy atom. The van der Waals surface area contributed by atoms with Crippen molar-refractivity contribution in [1.29, 1.82) is 0 Å². The first-order valence-electron chi connectivity index (χ1n) is 8.80. The number of hydrogen-bond donors (Lipinski definition) is 1. The normalized spacial score (nSPS) is 11.2. The molecule has 0 spiro atoms. The maximum atomic E-state index is 12.4. The average molecular weight is 415 g/mol. The predicted molar refractivity (Wildman–Crippen MR) is 106 cm³/mol. The minimum atomic E-state index is -1.16. The van der Waals surface area contributed by atoms with Crippen LogP contribution in [-0.2, 0) is 14.3 Å². The second-order valence-corrected chi connectivity index (χ2v) is 6.34. The zero-order chi connectivity index (χ0) is 22.3. The second kappa shape index (κ2) is 10.0. The van der Waals surface area contributed by atoms with Crippen molar-refractivity contribution in [3.8, 4) is 5.75 Å². The molecular weight excluding hydrogens is 394 g/mol. The SMILES string of the molecule is COc1ccc(C(=O)NCC(=O)O[C@@H](C(=O)N(C)C)c2ccccc2)cc1[N+](=O)[O-]. The fraction of sp³-hybridized carbons (Fsp3) is 0.250. The maximum Gasteiger partial charge on any atom is 0.326 e. The van der Waals surface area contributed by atoms with Crippen LogP contribution in [0.25, 0.3) is 0 Å². The molecule has 0 saturated carbocycles. The van der Waals surface area contributed by atoms with E-state index >= 15 is 0 Å². The second-order valence-electron chi connectivity index (χ2n) is 6.34. The topological polar surface area (TPSA) is 128 Å². The molecule has 0 bridgehead atoms. The van der Waals surface area contributed by atoms with E-state index in [9.17, 15) is 24.5 Å². The Bertz CT molecular complexity index is 945. The van der Waals surface area contributed by atoms with Gasteiger partial charge in [0.1, 0.15) is 6.54 Å². The van der Waals surface area contributed by atoms with E-state index < -0.39 is 35.4 Å². The van der Waals surface area contributed by atoms with Gasteiger partial charge in [-0.05, 0) is 12.1 Å². The molecule has 0 aliphatic rings. The van der Waals surface area contributed by atoms with Gasteiger partial charge < -0.3 is 19.7 Å². The highest BCUT2D eigenvalue weighted by Crippen LogP contribution is 2.27. The minimum absolute atomic E-state index is 0.00357. The van der Waals surface area contributed by atoms with Gasteiger partial charge >= 0.3 is 11.7 Å². The molecule has 2 aromatic carbocycles. The molecule has 2 aromatic rings. The predicted octanol–water partition coefficient (Wildman–Crippen LogP) is 1.71. The van der Waals surface area contributed by atoms with Crippen LogP contribution in [0.3, 0.4) is 0 Å². The number of nitro groups is 1. The van der Waals surface area contributed by atoms with Gasteiger partial charge in [-0.1, -0.05) is 30.3 Å². The fourth-order valence-electron chi connectivity index (χ4n) is 2.52. The van der Waals surface area contributed by atoms with Crippen molar-refractivity contribution in [3.05, 3.63) is 69.8 Å². The highest BCUT2D eigenvalue weighted by molar-refractivity contribution is 5.97. The molecule has 0 aliphatic carbocycles. The number of nitrogens with zero attached hydrogens (tertiary/aromatic N) is 2. The maximum absolute atomic E-state index is 12.4. The van der Waals surface area contributed by atoms with Gasteiger partial charge in [0.2, 0.25) is 6.10 Å². The Labute approximate surface area is 172 Å². The average Bonchev–Trinajstić information content (AvgIpc) is 2.75. The summed E-state index contributed by atoms with van der Waals surface area (Å²) < 4.78 is 10.2. The lowest BCUT2D eigenvalue weighted by Crippen LogP contribution is -2.35.